The quantitative estimate of drug-likeness (QED) is 0.465. The third kappa shape index (κ3) is 0.662. The first kappa shape index (κ1) is 6.13. The lowest BCUT2D eigenvalue weighted by Crippen LogP contribution is -2.39. The lowest BCUT2D eigenvalue weighted by atomic mass is 9.72. The van der Waals surface area contributed by atoms with E-state index in [-0.39, 0.29) is 24.0 Å². The highest BCUT2D eigenvalue weighted by molar-refractivity contribution is 5.23. The third-order valence-corrected chi connectivity index (χ3v) is 2.29. The Labute approximate surface area is 59.5 Å². The Kier molecular flexibility index (Phi) is 1.19. The van der Waals surface area contributed by atoms with E-state index in [1.165, 1.54) is 0 Å². The predicted molar refractivity (Wildman–Crippen MR) is 37.3 cm³/mol. The minimum atomic E-state index is -0.376. The van der Waals surface area contributed by atoms with E-state index in [4.69, 9.17) is 0 Å². The number of fused-ring (bicyclic) bond motifs is 1. The van der Waals surface area contributed by atoms with E-state index >= 15 is 0 Å². The van der Waals surface area contributed by atoms with Crippen LogP contribution in [0, 0.1) is 11.8 Å². The van der Waals surface area contributed by atoms with Crippen molar-refractivity contribution >= 4 is 0 Å². The van der Waals surface area contributed by atoms with Crippen LogP contribution < -0.4 is 0 Å². The van der Waals surface area contributed by atoms with Gasteiger partial charge in [0.1, 0.15) is 0 Å². The molecule has 0 saturated heterocycles. The summed E-state index contributed by atoms with van der Waals surface area (Å²) in [4.78, 5) is 0. The zero-order valence-electron chi connectivity index (χ0n) is 5.51. The first-order chi connectivity index (χ1) is 4.79. The smallest absolute Gasteiger partial charge is 0.0791 e. The van der Waals surface area contributed by atoms with Gasteiger partial charge in [-0.25, -0.2) is 0 Å². The molecule has 0 saturated carbocycles. The second-order valence-electron chi connectivity index (χ2n) is 2.91. The topological polar surface area (TPSA) is 40.5 Å². The Hall–Kier alpha value is -0.600. The maximum Gasteiger partial charge on any atom is 0.0791 e. The van der Waals surface area contributed by atoms with E-state index in [9.17, 15) is 10.2 Å². The SMILES string of the molecule is O[C@@H]1C=C[C@H](O)[C@H]2C=C[C@H]21. The van der Waals surface area contributed by atoms with Crippen molar-refractivity contribution in [3.63, 3.8) is 0 Å². The summed E-state index contributed by atoms with van der Waals surface area (Å²) >= 11 is 0. The first-order valence-electron chi connectivity index (χ1n) is 3.52. The third-order valence-electron chi connectivity index (χ3n) is 2.29. The average molecular weight is 138 g/mol. The molecule has 0 aliphatic heterocycles. The number of aliphatic hydroxyl groups is 2. The van der Waals surface area contributed by atoms with Gasteiger partial charge in [0.15, 0.2) is 0 Å². The molecule has 0 spiro atoms. The van der Waals surface area contributed by atoms with E-state index < -0.39 is 0 Å². The molecule has 0 unspecified atom stereocenters. The fourth-order valence-electron chi connectivity index (χ4n) is 1.54. The van der Waals surface area contributed by atoms with Crippen molar-refractivity contribution in [2.24, 2.45) is 11.8 Å². The molecule has 2 rings (SSSR count). The van der Waals surface area contributed by atoms with Gasteiger partial charge in [0.25, 0.3) is 0 Å². The van der Waals surface area contributed by atoms with E-state index in [1.54, 1.807) is 12.2 Å². The molecule has 0 fully saturated rings. The van der Waals surface area contributed by atoms with Crippen LogP contribution in [0.15, 0.2) is 24.3 Å². The highest BCUT2D eigenvalue weighted by atomic mass is 16.3. The van der Waals surface area contributed by atoms with Crippen LogP contribution in [0.1, 0.15) is 0 Å². The van der Waals surface area contributed by atoms with E-state index in [0.29, 0.717) is 0 Å². The Morgan fingerprint density at radius 2 is 1.10 bits per heavy atom. The van der Waals surface area contributed by atoms with E-state index in [1.807, 2.05) is 12.2 Å². The summed E-state index contributed by atoms with van der Waals surface area (Å²) in [6.07, 6.45) is 6.46. The molecule has 2 aliphatic carbocycles. The van der Waals surface area contributed by atoms with Gasteiger partial charge in [0, 0.05) is 11.8 Å². The molecule has 0 aromatic heterocycles. The van der Waals surface area contributed by atoms with Crippen molar-refractivity contribution in [2.75, 3.05) is 0 Å². The van der Waals surface area contributed by atoms with Crippen LogP contribution in [0.5, 0.6) is 0 Å². The van der Waals surface area contributed by atoms with Gasteiger partial charge in [0.2, 0.25) is 0 Å². The molecule has 0 amide bonds. The number of hydrogen-bond donors (Lipinski definition) is 2. The second-order valence-corrected chi connectivity index (χ2v) is 2.91. The Balaban J connectivity index is 2.23. The molecule has 54 valence electrons. The zero-order valence-corrected chi connectivity index (χ0v) is 5.51. The minimum absolute atomic E-state index is 0.167. The summed E-state index contributed by atoms with van der Waals surface area (Å²) in [7, 11) is 0. The maximum atomic E-state index is 9.27. The van der Waals surface area contributed by atoms with Crippen LogP contribution in [0.25, 0.3) is 0 Å². The maximum absolute atomic E-state index is 9.27. The van der Waals surface area contributed by atoms with Crippen molar-refractivity contribution in [1.29, 1.82) is 0 Å². The lowest BCUT2D eigenvalue weighted by Gasteiger charge is -2.37. The lowest BCUT2D eigenvalue weighted by molar-refractivity contribution is 0.0624. The summed E-state index contributed by atoms with van der Waals surface area (Å²) in [5.74, 6) is 0.333. The predicted octanol–water partition coefficient (Wildman–Crippen LogP) is 0.0802. The van der Waals surface area contributed by atoms with Crippen molar-refractivity contribution in [3.05, 3.63) is 24.3 Å². The molecule has 10 heavy (non-hydrogen) atoms. The van der Waals surface area contributed by atoms with Gasteiger partial charge in [-0.2, -0.15) is 0 Å². The largest absolute Gasteiger partial charge is 0.388 e. The van der Waals surface area contributed by atoms with Gasteiger partial charge >= 0.3 is 0 Å². The van der Waals surface area contributed by atoms with Gasteiger partial charge in [-0.3, -0.25) is 0 Å². The molecule has 4 atom stereocenters. The highest BCUT2D eigenvalue weighted by Gasteiger charge is 2.36. The Bertz CT molecular complexity index is 175. The second kappa shape index (κ2) is 1.94. The van der Waals surface area contributed by atoms with E-state index in [2.05, 4.69) is 0 Å². The van der Waals surface area contributed by atoms with Gasteiger partial charge in [-0.15, -0.1) is 0 Å². The standard InChI is InChI=1S/C8H10O2/c9-7-3-4-8(10)6-2-1-5(6)7/h1-10H/t5-,6+,7-,8+. The van der Waals surface area contributed by atoms with Crippen molar-refractivity contribution in [3.8, 4) is 0 Å². The normalized spacial score (nSPS) is 50.2. The summed E-state index contributed by atoms with van der Waals surface area (Å²) in [5, 5.41) is 18.5. The first-order valence-corrected chi connectivity index (χ1v) is 3.52. The summed E-state index contributed by atoms with van der Waals surface area (Å²) in [6, 6.07) is 0. The molecule has 0 heterocycles. The molecule has 0 radical (unpaired) electrons. The van der Waals surface area contributed by atoms with Crippen LogP contribution >= 0.6 is 0 Å². The van der Waals surface area contributed by atoms with Gasteiger partial charge in [0.05, 0.1) is 12.2 Å². The van der Waals surface area contributed by atoms with Crippen molar-refractivity contribution in [2.45, 2.75) is 12.2 Å². The van der Waals surface area contributed by atoms with Crippen LogP contribution in [-0.4, -0.2) is 22.4 Å². The molecule has 0 aromatic carbocycles. The molecule has 0 bridgehead atoms. The van der Waals surface area contributed by atoms with Crippen molar-refractivity contribution in [1.82, 2.24) is 0 Å². The number of hydrogen-bond acceptors (Lipinski definition) is 2. The molecular weight excluding hydrogens is 128 g/mol. The summed E-state index contributed by atoms with van der Waals surface area (Å²) in [5.41, 5.74) is 0. The van der Waals surface area contributed by atoms with Gasteiger partial charge < -0.3 is 10.2 Å². The highest BCUT2D eigenvalue weighted by Crippen LogP contribution is 2.35. The summed E-state index contributed by atoms with van der Waals surface area (Å²) in [6.45, 7) is 0. The van der Waals surface area contributed by atoms with E-state index in [0.717, 1.165) is 0 Å². The van der Waals surface area contributed by atoms with Crippen molar-refractivity contribution < 1.29 is 10.2 Å². The molecule has 2 N–H and O–H groups in total. The fraction of sp³-hybridized carbons (Fsp3) is 0.500. The molecular formula is C8H10O2. The van der Waals surface area contributed by atoms with Gasteiger partial charge in [-0.1, -0.05) is 24.3 Å². The molecule has 2 heteroatoms. The Morgan fingerprint density at radius 3 is 1.40 bits per heavy atom. The Morgan fingerprint density at radius 1 is 0.700 bits per heavy atom. The summed E-state index contributed by atoms with van der Waals surface area (Å²) < 4.78 is 0. The average Bonchev–Trinajstić information content (AvgIpc) is 1.78. The minimum Gasteiger partial charge on any atom is -0.388 e. The fourth-order valence-corrected chi connectivity index (χ4v) is 1.54. The number of rotatable bonds is 0. The van der Waals surface area contributed by atoms with Crippen LogP contribution in [0.4, 0.5) is 0 Å². The monoisotopic (exact) mass is 138 g/mol. The van der Waals surface area contributed by atoms with Crippen LogP contribution in [-0.2, 0) is 0 Å². The van der Waals surface area contributed by atoms with Crippen LogP contribution in [0.2, 0.25) is 0 Å². The van der Waals surface area contributed by atoms with Gasteiger partial charge in [-0.05, 0) is 0 Å². The number of aliphatic hydroxyl groups excluding tert-OH is 2. The molecule has 0 aromatic rings. The molecule has 2 aliphatic rings. The van der Waals surface area contributed by atoms with Crippen LogP contribution in [0.3, 0.4) is 0 Å². The zero-order chi connectivity index (χ0) is 7.14. The molecule has 2 nitrogen and oxygen atoms in total.